The lowest BCUT2D eigenvalue weighted by Gasteiger charge is -2.20. The average Bonchev–Trinajstić information content (AvgIpc) is 2.81. The predicted molar refractivity (Wildman–Crippen MR) is 82.3 cm³/mol. The largest absolute Gasteiger partial charge is 0.389 e. The number of ether oxygens (including phenoxy) is 1. The van der Waals surface area contributed by atoms with E-state index in [2.05, 4.69) is 11.1 Å². The number of aromatic nitrogens is 1. The average molecular weight is 290 g/mol. The van der Waals surface area contributed by atoms with Crippen LogP contribution in [0.2, 0.25) is 0 Å². The van der Waals surface area contributed by atoms with E-state index in [9.17, 15) is 9.90 Å². The Hall–Kier alpha value is -1.85. The first kappa shape index (κ1) is 15.5. The van der Waals surface area contributed by atoms with Gasteiger partial charge in [0.2, 0.25) is 5.91 Å². The minimum absolute atomic E-state index is 0.0216. The Morgan fingerprint density at radius 1 is 1.48 bits per heavy atom. The second-order valence-electron chi connectivity index (χ2n) is 5.42. The van der Waals surface area contributed by atoms with Gasteiger partial charge < -0.3 is 19.7 Å². The summed E-state index contributed by atoms with van der Waals surface area (Å²) < 4.78 is 4.87. The molecule has 2 aromatic rings. The van der Waals surface area contributed by atoms with Crippen molar-refractivity contribution in [3.63, 3.8) is 0 Å². The molecule has 0 spiro atoms. The number of rotatable bonds is 6. The van der Waals surface area contributed by atoms with E-state index in [0.717, 1.165) is 16.5 Å². The Labute approximate surface area is 124 Å². The lowest BCUT2D eigenvalue weighted by atomic mass is 10.1. The molecule has 0 saturated carbocycles. The van der Waals surface area contributed by atoms with Crippen LogP contribution in [-0.2, 0) is 16.0 Å². The second-order valence-corrected chi connectivity index (χ2v) is 5.42. The topological polar surface area (TPSA) is 65.6 Å². The van der Waals surface area contributed by atoms with Crippen LogP contribution in [0.15, 0.2) is 24.4 Å². The number of aliphatic hydroxyl groups is 1. The number of nitrogens with zero attached hydrogens (tertiary/aromatic N) is 1. The van der Waals surface area contributed by atoms with Gasteiger partial charge in [-0.2, -0.15) is 0 Å². The van der Waals surface area contributed by atoms with Crippen molar-refractivity contribution in [1.82, 2.24) is 9.88 Å². The molecule has 1 aromatic carbocycles. The van der Waals surface area contributed by atoms with E-state index in [1.54, 1.807) is 7.05 Å². The molecule has 0 aliphatic rings. The third-order valence-corrected chi connectivity index (χ3v) is 3.53. The molecule has 1 aromatic heterocycles. The van der Waals surface area contributed by atoms with Gasteiger partial charge in [0.1, 0.15) is 0 Å². The number of methoxy groups -OCH3 is 1. The number of amides is 1. The molecule has 0 radical (unpaired) electrons. The van der Waals surface area contributed by atoms with Crippen LogP contribution in [0.3, 0.4) is 0 Å². The SMILES string of the molecule is COCC(O)CN(C)C(=O)Cc1c[nH]c2cc(C)ccc12. The number of hydrogen-bond acceptors (Lipinski definition) is 3. The van der Waals surface area contributed by atoms with E-state index in [0.29, 0.717) is 6.42 Å². The normalized spacial score (nSPS) is 12.6. The molecule has 1 unspecified atom stereocenters. The first-order chi connectivity index (χ1) is 10.0. The lowest BCUT2D eigenvalue weighted by molar-refractivity contribution is -0.130. The summed E-state index contributed by atoms with van der Waals surface area (Å²) in [4.78, 5) is 17.0. The van der Waals surface area contributed by atoms with Gasteiger partial charge in [0, 0.05) is 37.8 Å². The number of aryl methyl sites for hydroxylation is 1. The molecule has 0 fully saturated rings. The zero-order valence-corrected chi connectivity index (χ0v) is 12.7. The number of hydrogen-bond donors (Lipinski definition) is 2. The van der Waals surface area contributed by atoms with Crippen molar-refractivity contribution in [3.05, 3.63) is 35.5 Å². The van der Waals surface area contributed by atoms with Crippen LogP contribution < -0.4 is 0 Å². The second kappa shape index (κ2) is 6.74. The Morgan fingerprint density at radius 3 is 2.95 bits per heavy atom. The third kappa shape index (κ3) is 3.83. The highest BCUT2D eigenvalue weighted by atomic mass is 16.5. The number of H-pyrrole nitrogens is 1. The number of nitrogens with one attached hydrogen (secondary N) is 1. The van der Waals surface area contributed by atoms with Crippen LogP contribution in [0.25, 0.3) is 10.9 Å². The molecule has 5 nitrogen and oxygen atoms in total. The highest BCUT2D eigenvalue weighted by Crippen LogP contribution is 2.20. The molecule has 0 saturated heterocycles. The minimum Gasteiger partial charge on any atom is -0.389 e. The van der Waals surface area contributed by atoms with Crippen LogP contribution >= 0.6 is 0 Å². The van der Waals surface area contributed by atoms with Crippen molar-refractivity contribution < 1.29 is 14.6 Å². The summed E-state index contributed by atoms with van der Waals surface area (Å²) in [5.41, 5.74) is 3.20. The van der Waals surface area contributed by atoms with Gasteiger partial charge in [-0.15, -0.1) is 0 Å². The minimum atomic E-state index is -0.658. The quantitative estimate of drug-likeness (QED) is 0.847. The van der Waals surface area contributed by atoms with Crippen LogP contribution in [0.5, 0.6) is 0 Å². The Kier molecular flexibility index (Phi) is 4.98. The maximum atomic E-state index is 12.2. The number of likely N-dealkylation sites (N-methyl/N-ethyl adjacent to an activating group) is 1. The molecule has 0 aliphatic carbocycles. The van der Waals surface area contributed by atoms with Gasteiger partial charge in [-0.05, 0) is 24.1 Å². The Morgan fingerprint density at radius 2 is 2.24 bits per heavy atom. The molecule has 0 aliphatic heterocycles. The fourth-order valence-electron chi connectivity index (χ4n) is 2.41. The van der Waals surface area contributed by atoms with Gasteiger partial charge in [-0.3, -0.25) is 4.79 Å². The van der Waals surface area contributed by atoms with Crippen molar-refractivity contribution in [1.29, 1.82) is 0 Å². The van der Waals surface area contributed by atoms with Crippen LogP contribution in [0.1, 0.15) is 11.1 Å². The van der Waals surface area contributed by atoms with E-state index in [-0.39, 0.29) is 19.1 Å². The number of fused-ring (bicyclic) bond motifs is 1. The van der Waals surface area contributed by atoms with Crippen molar-refractivity contribution in [2.75, 3.05) is 27.3 Å². The molecule has 1 amide bonds. The van der Waals surface area contributed by atoms with E-state index < -0.39 is 6.10 Å². The van der Waals surface area contributed by atoms with Gasteiger partial charge in [-0.25, -0.2) is 0 Å². The van der Waals surface area contributed by atoms with E-state index in [1.807, 2.05) is 25.3 Å². The molecule has 114 valence electrons. The van der Waals surface area contributed by atoms with Crippen LogP contribution in [0, 0.1) is 6.92 Å². The zero-order valence-electron chi connectivity index (χ0n) is 12.7. The first-order valence-electron chi connectivity index (χ1n) is 6.99. The maximum absolute atomic E-state index is 12.2. The fourth-order valence-corrected chi connectivity index (χ4v) is 2.41. The molecular formula is C16H22N2O3. The van der Waals surface area contributed by atoms with E-state index in [1.165, 1.54) is 17.6 Å². The smallest absolute Gasteiger partial charge is 0.226 e. The molecular weight excluding hydrogens is 268 g/mol. The van der Waals surface area contributed by atoms with Gasteiger partial charge in [-0.1, -0.05) is 12.1 Å². The van der Waals surface area contributed by atoms with Gasteiger partial charge in [0.15, 0.2) is 0 Å². The molecule has 1 atom stereocenters. The standard InChI is InChI=1S/C16H22N2O3/c1-11-4-5-14-12(8-17-15(14)6-11)7-16(20)18(2)9-13(19)10-21-3/h4-6,8,13,17,19H,7,9-10H2,1-3H3. The molecule has 1 heterocycles. The highest BCUT2D eigenvalue weighted by Gasteiger charge is 2.15. The summed E-state index contributed by atoms with van der Waals surface area (Å²) >= 11 is 0. The maximum Gasteiger partial charge on any atom is 0.226 e. The number of benzene rings is 1. The third-order valence-electron chi connectivity index (χ3n) is 3.53. The summed E-state index contributed by atoms with van der Waals surface area (Å²) in [6.45, 7) is 2.54. The van der Waals surface area contributed by atoms with Crippen molar-refractivity contribution >= 4 is 16.8 Å². The predicted octanol–water partition coefficient (Wildman–Crippen LogP) is 1.48. The summed E-state index contributed by atoms with van der Waals surface area (Å²) in [5.74, 6) is -0.0216. The monoisotopic (exact) mass is 290 g/mol. The molecule has 5 heteroatoms. The Balaban J connectivity index is 2.04. The summed E-state index contributed by atoms with van der Waals surface area (Å²) in [5, 5.41) is 10.7. The van der Waals surface area contributed by atoms with Crippen LogP contribution in [-0.4, -0.2) is 54.3 Å². The van der Waals surface area contributed by atoms with Crippen molar-refractivity contribution in [2.45, 2.75) is 19.4 Å². The van der Waals surface area contributed by atoms with Gasteiger partial charge in [0.25, 0.3) is 0 Å². The number of carbonyl (C=O) groups excluding carboxylic acids is 1. The van der Waals surface area contributed by atoms with Crippen molar-refractivity contribution in [2.24, 2.45) is 0 Å². The molecule has 2 N–H and O–H groups in total. The first-order valence-corrected chi connectivity index (χ1v) is 6.99. The summed E-state index contributed by atoms with van der Waals surface area (Å²) in [6, 6.07) is 6.13. The summed E-state index contributed by atoms with van der Waals surface area (Å²) in [6.07, 6.45) is 1.54. The zero-order chi connectivity index (χ0) is 15.4. The number of carbonyl (C=O) groups is 1. The van der Waals surface area contributed by atoms with E-state index in [4.69, 9.17) is 4.74 Å². The van der Waals surface area contributed by atoms with Gasteiger partial charge in [0.05, 0.1) is 19.1 Å². The number of aromatic amines is 1. The fraction of sp³-hybridized carbons (Fsp3) is 0.438. The molecule has 2 rings (SSSR count). The molecule has 21 heavy (non-hydrogen) atoms. The molecule has 0 bridgehead atoms. The van der Waals surface area contributed by atoms with Crippen LogP contribution in [0.4, 0.5) is 0 Å². The summed E-state index contributed by atoms with van der Waals surface area (Å²) in [7, 11) is 3.22. The highest BCUT2D eigenvalue weighted by molar-refractivity contribution is 5.89. The van der Waals surface area contributed by atoms with E-state index >= 15 is 0 Å². The lowest BCUT2D eigenvalue weighted by Crippen LogP contribution is -2.37. The van der Waals surface area contributed by atoms with Crippen molar-refractivity contribution in [3.8, 4) is 0 Å². The number of aliphatic hydroxyl groups excluding tert-OH is 1. The van der Waals surface area contributed by atoms with Gasteiger partial charge >= 0.3 is 0 Å². The Bertz CT molecular complexity index is 621.